The van der Waals surface area contributed by atoms with Crippen LogP contribution in [0.25, 0.3) is 22.2 Å². The molecule has 1 aromatic heterocycles. The molecule has 0 amide bonds. The Kier molecular flexibility index (Phi) is 3.78. The Labute approximate surface area is 140 Å². The lowest BCUT2D eigenvalue weighted by Gasteiger charge is -2.09. The van der Waals surface area contributed by atoms with Gasteiger partial charge in [0.2, 0.25) is 0 Å². The molecule has 2 aromatic carbocycles. The van der Waals surface area contributed by atoms with Crippen LogP contribution in [0.3, 0.4) is 0 Å². The molecule has 9 nitrogen and oxygen atoms in total. The number of benzene rings is 2. The number of carboxylic acid groups (broad SMARTS) is 2. The molecule has 3 aromatic rings. The fraction of sp³-hybridized carbons (Fsp3) is 0. The monoisotopic (exact) mass is 362 g/mol. The van der Waals surface area contributed by atoms with Crippen LogP contribution in [0.2, 0.25) is 0 Å². The van der Waals surface area contributed by atoms with Gasteiger partial charge in [-0.05, 0) is 17.7 Å². The zero-order valence-corrected chi connectivity index (χ0v) is 13.1. The molecular weight excluding hydrogens is 352 g/mol. The van der Waals surface area contributed by atoms with Gasteiger partial charge in [-0.2, -0.15) is 8.42 Å². The first-order valence-electron chi connectivity index (χ1n) is 6.76. The van der Waals surface area contributed by atoms with Crippen molar-refractivity contribution in [3.8, 4) is 11.1 Å². The molecule has 0 radical (unpaired) electrons. The fourth-order valence-electron chi connectivity index (χ4n) is 2.53. The number of H-pyrrole nitrogens is 1. The number of aromatic nitrogens is 2. The molecule has 0 spiro atoms. The number of para-hydroxylation sites is 1. The molecule has 0 atom stereocenters. The molecular formula is C15H10N2O7S. The van der Waals surface area contributed by atoms with E-state index in [0.29, 0.717) is 0 Å². The van der Waals surface area contributed by atoms with Crippen LogP contribution in [-0.4, -0.2) is 45.1 Å². The molecule has 3 rings (SSSR count). The summed E-state index contributed by atoms with van der Waals surface area (Å²) in [6.45, 7) is 0. The molecule has 0 aliphatic heterocycles. The van der Waals surface area contributed by atoms with Gasteiger partial charge >= 0.3 is 22.1 Å². The third kappa shape index (κ3) is 2.84. The molecule has 0 saturated carbocycles. The highest BCUT2D eigenvalue weighted by atomic mass is 32.2. The molecule has 0 bridgehead atoms. The number of hydrogen-bond acceptors (Lipinski definition) is 5. The number of fused-ring (bicyclic) bond motifs is 1. The van der Waals surface area contributed by atoms with E-state index in [-0.39, 0.29) is 22.2 Å². The Bertz CT molecular complexity index is 1130. The predicted octanol–water partition coefficient (Wildman–Crippen LogP) is 1.87. The molecule has 128 valence electrons. The average Bonchev–Trinajstić information content (AvgIpc) is 2.98. The number of aromatic amines is 1. The molecule has 25 heavy (non-hydrogen) atoms. The summed E-state index contributed by atoms with van der Waals surface area (Å²) < 4.78 is 31.6. The summed E-state index contributed by atoms with van der Waals surface area (Å²) in [6, 6.07) is 8.41. The Morgan fingerprint density at radius 1 is 0.960 bits per heavy atom. The van der Waals surface area contributed by atoms with Crippen LogP contribution >= 0.6 is 0 Å². The number of carbonyl (C=O) groups is 2. The number of carboxylic acids is 2. The van der Waals surface area contributed by atoms with Crippen LogP contribution in [0.4, 0.5) is 0 Å². The van der Waals surface area contributed by atoms with E-state index in [0.717, 1.165) is 6.07 Å². The van der Waals surface area contributed by atoms with Gasteiger partial charge in [-0.25, -0.2) is 14.6 Å². The maximum absolute atomic E-state index is 11.6. The SMILES string of the molecule is O=C(O)c1cccc(-c2cccc3[nH]c(S(=O)(=O)O)nc23)c1C(=O)O. The summed E-state index contributed by atoms with van der Waals surface area (Å²) in [6.07, 6.45) is 0. The van der Waals surface area contributed by atoms with Gasteiger partial charge < -0.3 is 15.2 Å². The van der Waals surface area contributed by atoms with Gasteiger partial charge in [0.15, 0.2) is 0 Å². The summed E-state index contributed by atoms with van der Waals surface area (Å²) in [5, 5.41) is 18.0. The second-order valence-corrected chi connectivity index (χ2v) is 6.39. The highest BCUT2D eigenvalue weighted by Gasteiger charge is 2.23. The Morgan fingerprint density at radius 2 is 1.60 bits per heavy atom. The zero-order chi connectivity index (χ0) is 18.4. The van der Waals surface area contributed by atoms with Gasteiger partial charge in [0, 0.05) is 5.56 Å². The molecule has 0 unspecified atom stereocenters. The van der Waals surface area contributed by atoms with Gasteiger partial charge in [0.25, 0.3) is 5.16 Å². The lowest BCUT2D eigenvalue weighted by molar-refractivity contribution is 0.0652. The molecule has 0 aliphatic rings. The van der Waals surface area contributed by atoms with Crippen LogP contribution in [0.5, 0.6) is 0 Å². The summed E-state index contributed by atoms with van der Waals surface area (Å²) in [5.74, 6) is -2.86. The summed E-state index contributed by atoms with van der Waals surface area (Å²) in [5.41, 5.74) is -0.260. The number of imidazole rings is 1. The van der Waals surface area contributed by atoms with Crippen molar-refractivity contribution in [3.05, 3.63) is 47.5 Å². The predicted molar refractivity (Wildman–Crippen MR) is 85.3 cm³/mol. The first-order valence-corrected chi connectivity index (χ1v) is 8.20. The van der Waals surface area contributed by atoms with E-state index in [1.54, 1.807) is 0 Å². The maximum Gasteiger partial charge on any atom is 0.337 e. The van der Waals surface area contributed by atoms with Gasteiger partial charge in [-0.1, -0.05) is 24.3 Å². The van der Waals surface area contributed by atoms with Crippen LogP contribution in [0.15, 0.2) is 41.6 Å². The minimum absolute atomic E-state index is 0.0615. The largest absolute Gasteiger partial charge is 0.478 e. The number of nitrogens with one attached hydrogen (secondary N) is 1. The Hall–Kier alpha value is -3.24. The first-order chi connectivity index (χ1) is 11.7. The van der Waals surface area contributed by atoms with Crippen molar-refractivity contribution in [1.29, 1.82) is 0 Å². The van der Waals surface area contributed by atoms with Crippen LogP contribution in [-0.2, 0) is 10.1 Å². The highest BCUT2D eigenvalue weighted by molar-refractivity contribution is 7.85. The topological polar surface area (TPSA) is 158 Å². The minimum atomic E-state index is -4.59. The van der Waals surface area contributed by atoms with E-state index in [1.165, 1.54) is 30.3 Å². The van der Waals surface area contributed by atoms with Crippen molar-refractivity contribution in [2.75, 3.05) is 0 Å². The third-order valence-corrected chi connectivity index (χ3v) is 4.22. The lowest BCUT2D eigenvalue weighted by Crippen LogP contribution is -2.09. The smallest absolute Gasteiger partial charge is 0.337 e. The van der Waals surface area contributed by atoms with E-state index in [2.05, 4.69) is 9.97 Å². The van der Waals surface area contributed by atoms with E-state index in [4.69, 9.17) is 4.55 Å². The van der Waals surface area contributed by atoms with Crippen LogP contribution in [0.1, 0.15) is 20.7 Å². The maximum atomic E-state index is 11.6. The van der Waals surface area contributed by atoms with Crippen LogP contribution < -0.4 is 0 Å². The first kappa shape index (κ1) is 16.6. The molecule has 0 aliphatic carbocycles. The van der Waals surface area contributed by atoms with E-state index in [1.807, 2.05) is 0 Å². The molecule has 0 fully saturated rings. The second-order valence-electron chi connectivity index (χ2n) is 5.06. The van der Waals surface area contributed by atoms with Crippen molar-refractivity contribution < 1.29 is 32.8 Å². The molecule has 1 heterocycles. The summed E-state index contributed by atoms with van der Waals surface area (Å²) in [4.78, 5) is 29.1. The third-order valence-electron chi connectivity index (χ3n) is 3.53. The number of rotatable bonds is 4. The summed E-state index contributed by atoms with van der Waals surface area (Å²) >= 11 is 0. The van der Waals surface area contributed by atoms with E-state index in [9.17, 15) is 28.2 Å². The minimum Gasteiger partial charge on any atom is -0.478 e. The normalized spacial score (nSPS) is 11.6. The van der Waals surface area contributed by atoms with Crippen molar-refractivity contribution >= 4 is 33.1 Å². The van der Waals surface area contributed by atoms with Crippen molar-refractivity contribution in [3.63, 3.8) is 0 Å². The highest BCUT2D eigenvalue weighted by Crippen LogP contribution is 2.32. The fourth-order valence-corrected chi connectivity index (χ4v) is 2.98. The average molecular weight is 362 g/mol. The lowest BCUT2D eigenvalue weighted by atomic mass is 9.94. The van der Waals surface area contributed by atoms with Crippen molar-refractivity contribution in [1.82, 2.24) is 9.97 Å². The quantitative estimate of drug-likeness (QED) is 0.512. The standard InChI is InChI=1S/C15H10N2O7S/c18-13(19)9-5-1-3-7(11(9)14(20)21)8-4-2-6-10-12(8)17-15(16-10)25(22,23)24/h1-6H,(H,16,17)(H,18,19)(H,20,21)(H,22,23,24). The van der Waals surface area contributed by atoms with Crippen molar-refractivity contribution in [2.45, 2.75) is 5.16 Å². The van der Waals surface area contributed by atoms with Gasteiger partial charge in [-0.3, -0.25) is 4.55 Å². The van der Waals surface area contributed by atoms with Crippen molar-refractivity contribution in [2.24, 2.45) is 0 Å². The number of hydrogen-bond donors (Lipinski definition) is 4. The van der Waals surface area contributed by atoms with E-state index < -0.39 is 38.3 Å². The second kappa shape index (κ2) is 5.69. The molecule has 10 heteroatoms. The number of nitrogens with zero attached hydrogens (tertiary/aromatic N) is 1. The van der Waals surface area contributed by atoms with Crippen LogP contribution in [0, 0.1) is 0 Å². The van der Waals surface area contributed by atoms with Gasteiger partial charge in [0.05, 0.1) is 22.2 Å². The van der Waals surface area contributed by atoms with Gasteiger partial charge in [0.1, 0.15) is 0 Å². The molecule has 4 N–H and O–H groups in total. The Balaban J connectivity index is 2.38. The summed E-state index contributed by atoms with van der Waals surface area (Å²) in [7, 11) is -4.59. The zero-order valence-electron chi connectivity index (χ0n) is 12.3. The van der Waals surface area contributed by atoms with E-state index >= 15 is 0 Å². The van der Waals surface area contributed by atoms with Gasteiger partial charge in [-0.15, -0.1) is 0 Å². The molecule has 0 saturated heterocycles. The number of aromatic carboxylic acids is 2. The Morgan fingerprint density at radius 3 is 2.20 bits per heavy atom.